The number of halogens is 1. The molecule has 0 saturated carbocycles. The Labute approximate surface area is 136 Å². The molecule has 0 spiro atoms. The SMILES string of the molecule is COc1ccc(/C=C2\SC(=O)N(CC(C)C)C2=O)cc1Br. The van der Waals surface area contributed by atoms with Crippen LogP contribution < -0.4 is 4.74 Å². The molecule has 2 rings (SSSR count). The average molecular weight is 370 g/mol. The quantitative estimate of drug-likeness (QED) is 0.747. The molecular weight excluding hydrogens is 354 g/mol. The van der Waals surface area contributed by atoms with Crippen molar-refractivity contribution in [2.24, 2.45) is 5.92 Å². The Morgan fingerprint density at radius 2 is 2.10 bits per heavy atom. The molecule has 1 fully saturated rings. The highest BCUT2D eigenvalue weighted by Crippen LogP contribution is 2.34. The van der Waals surface area contributed by atoms with Crippen molar-refractivity contribution in [2.75, 3.05) is 13.7 Å². The van der Waals surface area contributed by atoms with Gasteiger partial charge in [0.05, 0.1) is 16.5 Å². The first-order chi connectivity index (χ1) is 9.92. The van der Waals surface area contributed by atoms with Gasteiger partial charge in [0.25, 0.3) is 11.1 Å². The van der Waals surface area contributed by atoms with Crippen LogP contribution in [0.15, 0.2) is 27.6 Å². The maximum atomic E-state index is 12.2. The summed E-state index contributed by atoms with van der Waals surface area (Å²) in [5, 5.41) is -0.201. The van der Waals surface area contributed by atoms with Gasteiger partial charge in [0.1, 0.15) is 5.75 Å². The largest absolute Gasteiger partial charge is 0.496 e. The summed E-state index contributed by atoms with van der Waals surface area (Å²) in [6, 6.07) is 5.52. The van der Waals surface area contributed by atoms with Crippen molar-refractivity contribution in [1.82, 2.24) is 4.90 Å². The van der Waals surface area contributed by atoms with Crippen molar-refractivity contribution >= 4 is 44.9 Å². The van der Waals surface area contributed by atoms with Crippen LogP contribution in [0.2, 0.25) is 0 Å². The predicted molar refractivity (Wildman–Crippen MR) is 88.2 cm³/mol. The number of ether oxygens (including phenoxy) is 1. The lowest BCUT2D eigenvalue weighted by Gasteiger charge is -2.14. The van der Waals surface area contributed by atoms with Crippen LogP contribution in [0.5, 0.6) is 5.75 Å². The van der Waals surface area contributed by atoms with Crippen molar-refractivity contribution in [3.8, 4) is 5.75 Å². The van der Waals surface area contributed by atoms with Crippen molar-refractivity contribution in [3.05, 3.63) is 33.1 Å². The number of thioether (sulfide) groups is 1. The number of hydrogen-bond donors (Lipinski definition) is 0. The zero-order valence-corrected chi connectivity index (χ0v) is 14.5. The summed E-state index contributed by atoms with van der Waals surface area (Å²) in [7, 11) is 1.59. The van der Waals surface area contributed by atoms with E-state index in [0.29, 0.717) is 11.4 Å². The smallest absolute Gasteiger partial charge is 0.293 e. The van der Waals surface area contributed by atoms with E-state index in [4.69, 9.17) is 4.74 Å². The molecule has 1 aliphatic heterocycles. The molecule has 0 bridgehead atoms. The third-order valence-electron chi connectivity index (χ3n) is 2.89. The van der Waals surface area contributed by atoms with Gasteiger partial charge in [-0.3, -0.25) is 14.5 Å². The highest BCUT2D eigenvalue weighted by molar-refractivity contribution is 9.10. The summed E-state index contributed by atoms with van der Waals surface area (Å²) in [6.45, 7) is 4.41. The Balaban J connectivity index is 2.24. The van der Waals surface area contributed by atoms with E-state index in [1.54, 1.807) is 13.2 Å². The van der Waals surface area contributed by atoms with E-state index in [2.05, 4.69) is 15.9 Å². The van der Waals surface area contributed by atoms with Crippen LogP contribution in [0.4, 0.5) is 4.79 Å². The lowest BCUT2D eigenvalue weighted by Crippen LogP contribution is -2.31. The van der Waals surface area contributed by atoms with Gasteiger partial charge in [-0.1, -0.05) is 19.9 Å². The highest BCUT2D eigenvalue weighted by Gasteiger charge is 2.35. The van der Waals surface area contributed by atoms with Crippen LogP contribution in [0.1, 0.15) is 19.4 Å². The monoisotopic (exact) mass is 369 g/mol. The van der Waals surface area contributed by atoms with Crippen molar-refractivity contribution in [3.63, 3.8) is 0 Å². The predicted octanol–water partition coefficient (Wildman–Crippen LogP) is 4.15. The number of carbonyl (C=O) groups is 2. The fourth-order valence-electron chi connectivity index (χ4n) is 1.95. The molecule has 1 aromatic rings. The standard InChI is InChI=1S/C15H16BrNO3S/c1-9(2)8-17-14(18)13(21-15(17)19)7-10-4-5-12(20-3)11(16)6-10/h4-7,9H,8H2,1-3H3/b13-7-. The third-order valence-corrected chi connectivity index (χ3v) is 4.42. The van der Waals surface area contributed by atoms with Crippen LogP contribution >= 0.6 is 27.7 Å². The van der Waals surface area contributed by atoms with E-state index < -0.39 is 0 Å². The second-order valence-electron chi connectivity index (χ2n) is 5.08. The molecule has 0 N–H and O–H groups in total. The maximum absolute atomic E-state index is 12.2. The molecule has 6 heteroatoms. The summed E-state index contributed by atoms with van der Waals surface area (Å²) < 4.78 is 5.97. The summed E-state index contributed by atoms with van der Waals surface area (Å²) >= 11 is 4.39. The van der Waals surface area contributed by atoms with Gasteiger partial charge in [-0.25, -0.2) is 0 Å². The second kappa shape index (κ2) is 6.66. The number of carbonyl (C=O) groups excluding carboxylic acids is 2. The van der Waals surface area contributed by atoms with Crippen LogP contribution in [0.3, 0.4) is 0 Å². The van der Waals surface area contributed by atoms with Gasteiger partial charge < -0.3 is 4.74 Å². The maximum Gasteiger partial charge on any atom is 0.293 e. The molecule has 1 aromatic carbocycles. The third kappa shape index (κ3) is 3.68. The molecule has 4 nitrogen and oxygen atoms in total. The average Bonchev–Trinajstić information content (AvgIpc) is 2.66. The van der Waals surface area contributed by atoms with Crippen LogP contribution in [0.25, 0.3) is 6.08 Å². The molecule has 21 heavy (non-hydrogen) atoms. The molecule has 0 aliphatic carbocycles. The number of rotatable bonds is 4. The van der Waals surface area contributed by atoms with Gasteiger partial charge in [0.2, 0.25) is 0 Å². The molecular formula is C15H16BrNO3S. The molecule has 2 amide bonds. The topological polar surface area (TPSA) is 46.6 Å². The highest BCUT2D eigenvalue weighted by atomic mass is 79.9. The molecule has 1 saturated heterocycles. The minimum atomic E-state index is -0.217. The first-order valence-corrected chi connectivity index (χ1v) is 8.12. The van der Waals surface area contributed by atoms with E-state index in [9.17, 15) is 9.59 Å². The van der Waals surface area contributed by atoms with Gasteiger partial charge in [0, 0.05) is 6.54 Å². The molecule has 0 atom stereocenters. The summed E-state index contributed by atoms with van der Waals surface area (Å²) in [5.41, 5.74) is 0.845. The zero-order chi connectivity index (χ0) is 15.6. The van der Waals surface area contributed by atoms with Crippen molar-refractivity contribution in [1.29, 1.82) is 0 Å². The molecule has 0 aromatic heterocycles. The number of amides is 2. The minimum absolute atomic E-state index is 0.201. The van der Waals surface area contributed by atoms with E-state index in [1.807, 2.05) is 32.0 Å². The van der Waals surface area contributed by atoms with Crippen molar-refractivity contribution in [2.45, 2.75) is 13.8 Å². The van der Waals surface area contributed by atoms with E-state index >= 15 is 0 Å². The lowest BCUT2D eigenvalue weighted by atomic mass is 10.2. The molecule has 0 radical (unpaired) electrons. The van der Waals surface area contributed by atoms with Crippen LogP contribution in [0, 0.1) is 5.92 Å². The molecule has 1 aliphatic rings. The van der Waals surface area contributed by atoms with Crippen molar-refractivity contribution < 1.29 is 14.3 Å². The molecule has 0 unspecified atom stereocenters. The number of benzene rings is 1. The summed E-state index contributed by atoms with van der Waals surface area (Å²) in [5.74, 6) is 0.763. The summed E-state index contributed by atoms with van der Waals surface area (Å²) in [6.07, 6.45) is 1.73. The second-order valence-corrected chi connectivity index (χ2v) is 6.93. The van der Waals surface area contributed by atoms with Gasteiger partial charge in [-0.15, -0.1) is 0 Å². The van der Waals surface area contributed by atoms with Crippen LogP contribution in [-0.2, 0) is 4.79 Å². The van der Waals surface area contributed by atoms with Gasteiger partial charge >= 0.3 is 0 Å². The number of hydrogen-bond acceptors (Lipinski definition) is 4. The Hall–Kier alpha value is -1.27. The van der Waals surface area contributed by atoms with Gasteiger partial charge in [-0.05, 0) is 57.4 Å². The number of methoxy groups -OCH3 is 1. The van der Waals surface area contributed by atoms with E-state index in [1.165, 1.54) is 4.90 Å². The molecule has 112 valence electrons. The Bertz CT molecular complexity index is 613. The molecule has 1 heterocycles. The minimum Gasteiger partial charge on any atom is -0.496 e. The fourth-order valence-corrected chi connectivity index (χ4v) is 3.35. The Morgan fingerprint density at radius 3 is 2.67 bits per heavy atom. The number of nitrogens with zero attached hydrogens (tertiary/aromatic N) is 1. The first kappa shape index (κ1) is 16.1. The van der Waals surface area contributed by atoms with Gasteiger partial charge in [-0.2, -0.15) is 0 Å². The van der Waals surface area contributed by atoms with E-state index in [0.717, 1.165) is 27.5 Å². The van der Waals surface area contributed by atoms with Gasteiger partial charge in [0.15, 0.2) is 0 Å². The first-order valence-electron chi connectivity index (χ1n) is 6.51. The Kier molecular flexibility index (Phi) is 5.11. The lowest BCUT2D eigenvalue weighted by molar-refractivity contribution is -0.123. The Morgan fingerprint density at radius 1 is 1.38 bits per heavy atom. The zero-order valence-electron chi connectivity index (χ0n) is 12.1. The fraction of sp³-hybridized carbons (Fsp3) is 0.333. The van der Waals surface area contributed by atoms with Crippen LogP contribution in [-0.4, -0.2) is 29.7 Å². The van der Waals surface area contributed by atoms with E-state index in [-0.39, 0.29) is 17.1 Å². The summed E-state index contributed by atoms with van der Waals surface area (Å²) in [4.78, 5) is 25.9. The normalized spacial score (nSPS) is 17.2. The number of imide groups is 1.